The van der Waals surface area contributed by atoms with Crippen molar-refractivity contribution in [3.63, 3.8) is 0 Å². The fourth-order valence-electron chi connectivity index (χ4n) is 3.14. The minimum absolute atomic E-state index is 0.118. The average molecular weight is 439 g/mol. The number of nitrogens with zero attached hydrogens (tertiary/aromatic N) is 3. The second-order valence-corrected chi connectivity index (χ2v) is 8.60. The first-order valence-electron chi connectivity index (χ1n) is 9.07. The summed E-state index contributed by atoms with van der Waals surface area (Å²) in [6.07, 6.45) is 1.42. The lowest BCUT2D eigenvalue weighted by Crippen LogP contribution is -2.33. The monoisotopic (exact) mass is 438 g/mol. The molecule has 7 nitrogen and oxygen atoms in total. The van der Waals surface area contributed by atoms with Crippen LogP contribution in [0.25, 0.3) is 20.7 Å². The van der Waals surface area contributed by atoms with E-state index in [1.807, 2.05) is 29.0 Å². The molecule has 2 amide bonds. The summed E-state index contributed by atoms with van der Waals surface area (Å²) in [7, 11) is 1.65. The Bertz CT molecular complexity index is 1290. The molecule has 3 heterocycles. The number of amides is 2. The van der Waals surface area contributed by atoms with Crippen LogP contribution in [0.3, 0.4) is 0 Å². The highest BCUT2D eigenvalue weighted by Gasteiger charge is 2.17. The highest BCUT2D eigenvalue weighted by Crippen LogP contribution is 2.33. The number of hydrogen-bond acceptors (Lipinski definition) is 6. The van der Waals surface area contributed by atoms with E-state index in [1.54, 1.807) is 36.6 Å². The maximum absolute atomic E-state index is 13.1. The maximum atomic E-state index is 13.1. The zero-order chi connectivity index (χ0) is 21.3. The van der Waals surface area contributed by atoms with E-state index in [2.05, 4.69) is 4.98 Å². The lowest BCUT2D eigenvalue weighted by Gasteiger charge is -2.18. The minimum Gasteiger partial charge on any atom is -0.366 e. The van der Waals surface area contributed by atoms with Gasteiger partial charge in [0.15, 0.2) is 0 Å². The van der Waals surface area contributed by atoms with Crippen LogP contribution in [0.15, 0.2) is 58.3 Å². The smallest absolute Gasteiger partial charge is 0.263 e. The van der Waals surface area contributed by atoms with Crippen LogP contribution >= 0.6 is 22.7 Å². The molecule has 3 aromatic heterocycles. The van der Waals surface area contributed by atoms with Crippen molar-refractivity contribution in [3.05, 3.63) is 75.0 Å². The Kier molecular flexibility index (Phi) is 5.47. The molecule has 0 unspecified atom stereocenters. The second-order valence-electron chi connectivity index (χ2n) is 6.80. The number of fused-ring (bicyclic) bond motifs is 1. The van der Waals surface area contributed by atoms with Crippen molar-refractivity contribution in [1.82, 2.24) is 14.5 Å². The first kappa shape index (κ1) is 20.0. The van der Waals surface area contributed by atoms with Gasteiger partial charge in [0.05, 0.1) is 11.7 Å². The SMILES string of the molecule is CN(Cc1cccc(C(N)=O)c1)C(=O)Cn1cnc2scc(-c3cccs3)c2c1=O. The summed E-state index contributed by atoms with van der Waals surface area (Å²) in [6, 6.07) is 10.7. The number of primary amides is 1. The summed E-state index contributed by atoms with van der Waals surface area (Å²) >= 11 is 2.97. The summed E-state index contributed by atoms with van der Waals surface area (Å²) in [5.41, 5.74) is 7.09. The van der Waals surface area contributed by atoms with Gasteiger partial charge in [-0.1, -0.05) is 18.2 Å². The van der Waals surface area contributed by atoms with Crippen molar-refractivity contribution in [1.29, 1.82) is 0 Å². The van der Waals surface area contributed by atoms with Gasteiger partial charge in [-0.25, -0.2) is 4.98 Å². The Morgan fingerprint density at radius 3 is 2.77 bits per heavy atom. The Hall–Kier alpha value is -3.30. The fourth-order valence-corrected chi connectivity index (χ4v) is 4.87. The van der Waals surface area contributed by atoms with Crippen LogP contribution in [-0.4, -0.2) is 33.3 Å². The molecule has 0 fully saturated rings. The van der Waals surface area contributed by atoms with E-state index >= 15 is 0 Å². The molecule has 0 aliphatic carbocycles. The summed E-state index contributed by atoms with van der Waals surface area (Å²) < 4.78 is 1.34. The number of hydrogen-bond donors (Lipinski definition) is 1. The molecule has 0 aliphatic heterocycles. The van der Waals surface area contributed by atoms with Gasteiger partial charge in [0.2, 0.25) is 11.8 Å². The predicted molar refractivity (Wildman–Crippen MR) is 119 cm³/mol. The number of benzene rings is 1. The molecule has 2 N–H and O–H groups in total. The number of carbonyl (C=O) groups excluding carboxylic acids is 2. The molecular formula is C21H18N4O3S2. The first-order chi connectivity index (χ1) is 14.4. The number of rotatable bonds is 6. The molecular weight excluding hydrogens is 420 g/mol. The Balaban J connectivity index is 1.56. The van der Waals surface area contributed by atoms with Gasteiger partial charge in [-0.3, -0.25) is 19.0 Å². The molecule has 0 bridgehead atoms. The largest absolute Gasteiger partial charge is 0.366 e. The van der Waals surface area contributed by atoms with Crippen molar-refractivity contribution in [3.8, 4) is 10.4 Å². The number of likely N-dealkylation sites (N-methyl/N-ethyl adjacent to an activating group) is 1. The quantitative estimate of drug-likeness (QED) is 0.500. The summed E-state index contributed by atoms with van der Waals surface area (Å²) in [4.78, 5) is 44.6. The van der Waals surface area contributed by atoms with E-state index in [9.17, 15) is 14.4 Å². The molecule has 1 aromatic carbocycles. The molecule has 0 radical (unpaired) electrons. The van der Waals surface area contributed by atoms with Gasteiger partial charge >= 0.3 is 0 Å². The Labute approximate surface area is 180 Å². The normalized spacial score (nSPS) is 11.0. The van der Waals surface area contributed by atoms with E-state index in [1.165, 1.54) is 27.1 Å². The highest BCUT2D eigenvalue weighted by atomic mass is 32.1. The number of aromatic nitrogens is 2. The van der Waals surface area contributed by atoms with E-state index in [4.69, 9.17) is 5.73 Å². The van der Waals surface area contributed by atoms with Gasteiger partial charge in [0.1, 0.15) is 11.4 Å². The third kappa shape index (κ3) is 3.89. The average Bonchev–Trinajstić information content (AvgIpc) is 3.40. The van der Waals surface area contributed by atoms with Gasteiger partial charge in [0, 0.05) is 35.0 Å². The molecule has 0 saturated carbocycles. The van der Waals surface area contributed by atoms with Crippen molar-refractivity contribution < 1.29 is 9.59 Å². The Morgan fingerprint density at radius 1 is 1.20 bits per heavy atom. The van der Waals surface area contributed by atoms with Crippen LogP contribution in [0.4, 0.5) is 0 Å². The molecule has 4 aromatic rings. The molecule has 4 rings (SSSR count). The maximum Gasteiger partial charge on any atom is 0.263 e. The lowest BCUT2D eigenvalue weighted by molar-refractivity contribution is -0.131. The third-order valence-electron chi connectivity index (χ3n) is 4.71. The van der Waals surface area contributed by atoms with E-state index in [0.29, 0.717) is 22.3 Å². The molecule has 9 heteroatoms. The topological polar surface area (TPSA) is 98.3 Å². The van der Waals surface area contributed by atoms with E-state index in [-0.39, 0.29) is 18.0 Å². The van der Waals surface area contributed by atoms with Crippen LogP contribution in [0.2, 0.25) is 0 Å². The van der Waals surface area contributed by atoms with Gasteiger partial charge in [-0.2, -0.15) is 0 Å². The van der Waals surface area contributed by atoms with Gasteiger partial charge in [-0.15, -0.1) is 22.7 Å². The van der Waals surface area contributed by atoms with Gasteiger partial charge in [0.25, 0.3) is 5.56 Å². The molecule has 0 spiro atoms. The molecule has 0 saturated heterocycles. The van der Waals surface area contributed by atoms with Gasteiger partial charge < -0.3 is 10.6 Å². The first-order valence-corrected chi connectivity index (χ1v) is 10.8. The van der Waals surface area contributed by atoms with Crippen molar-refractivity contribution >= 4 is 44.7 Å². The standard InChI is InChI=1S/C21H18N4O3S2/c1-24(9-13-4-2-5-14(8-13)19(22)27)17(26)10-25-12-23-20-18(21(25)28)15(11-30-20)16-6-3-7-29-16/h2-8,11-12H,9-10H2,1H3,(H2,22,27). The van der Waals surface area contributed by atoms with E-state index < -0.39 is 5.91 Å². The predicted octanol–water partition coefficient (Wildman–Crippen LogP) is 2.94. The summed E-state index contributed by atoms with van der Waals surface area (Å²) in [5.74, 6) is -0.760. The fraction of sp³-hybridized carbons (Fsp3) is 0.143. The highest BCUT2D eigenvalue weighted by molar-refractivity contribution is 7.18. The van der Waals surface area contributed by atoms with Crippen molar-refractivity contribution in [2.45, 2.75) is 13.1 Å². The van der Waals surface area contributed by atoms with Crippen LogP contribution < -0.4 is 11.3 Å². The minimum atomic E-state index is -0.519. The zero-order valence-electron chi connectivity index (χ0n) is 16.1. The Morgan fingerprint density at radius 2 is 2.03 bits per heavy atom. The number of carbonyl (C=O) groups is 2. The zero-order valence-corrected chi connectivity index (χ0v) is 17.7. The van der Waals surface area contributed by atoms with Crippen LogP contribution in [0.1, 0.15) is 15.9 Å². The van der Waals surface area contributed by atoms with Crippen molar-refractivity contribution in [2.75, 3.05) is 7.05 Å². The summed E-state index contributed by atoms with van der Waals surface area (Å²) in [5, 5.41) is 4.42. The molecule has 0 aliphatic rings. The third-order valence-corrected chi connectivity index (χ3v) is 6.50. The second kappa shape index (κ2) is 8.21. The van der Waals surface area contributed by atoms with Crippen molar-refractivity contribution in [2.24, 2.45) is 5.73 Å². The number of nitrogens with two attached hydrogens (primary N) is 1. The van der Waals surface area contributed by atoms with Gasteiger partial charge in [-0.05, 0) is 29.1 Å². The molecule has 0 atom stereocenters. The number of thiophene rings is 2. The van der Waals surface area contributed by atoms with Crippen LogP contribution in [-0.2, 0) is 17.9 Å². The molecule has 30 heavy (non-hydrogen) atoms. The molecule has 152 valence electrons. The van der Waals surface area contributed by atoms with E-state index in [0.717, 1.165) is 16.0 Å². The lowest BCUT2D eigenvalue weighted by atomic mass is 10.1. The van der Waals surface area contributed by atoms with Crippen LogP contribution in [0.5, 0.6) is 0 Å². The summed E-state index contributed by atoms with van der Waals surface area (Å²) in [6.45, 7) is 0.177. The van der Waals surface area contributed by atoms with Crippen LogP contribution in [0, 0.1) is 0 Å².